The number of hydrogen-bond acceptors (Lipinski definition) is 5. The molecule has 2 aromatic carbocycles. The summed E-state index contributed by atoms with van der Waals surface area (Å²) in [5.41, 5.74) is 2.46. The monoisotopic (exact) mass is 421 g/mol. The van der Waals surface area contributed by atoms with Crippen molar-refractivity contribution in [1.82, 2.24) is 15.1 Å². The van der Waals surface area contributed by atoms with Crippen LogP contribution in [0.1, 0.15) is 18.4 Å². The molecule has 3 aromatic rings. The molecule has 0 spiro atoms. The zero-order valence-corrected chi connectivity index (χ0v) is 17.8. The first-order chi connectivity index (χ1) is 15.1. The fourth-order valence-electron chi connectivity index (χ4n) is 3.25. The van der Waals surface area contributed by atoms with Crippen molar-refractivity contribution in [3.05, 3.63) is 76.6 Å². The van der Waals surface area contributed by atoms with Crippen LogP contribution in [-0.4, -0.2) is 36.5 Å². The molecular weight excluding hydrogens is 394 g/mol. The van der Waals surface area contributed by atoms with Crippen LogP contribution in [0.2, 0.25) is 0 Å². The minimum absolute atomic E-state index is 0.0470. The Balaban J connectivity index is 1.49. The van der Waals surface area contributed by atoms with Crippen LogP contribution >= 0.6 is 0 Å². The lowest BCUT2D eigenvalue weighted by Crippen LogP contribution is -2.27. The number of nitrogens with zero attached hydrogens (tertiary/aromatic N) is 2. The van der Waals surface area contributed by atoms with E-state index in [1.165, 1.54) is 10.7 Å². The van der Waals surface area contributed by atoms with Gasteiger partial charge < -0.3 is 14.8 Å². The minimum Gasteiger partial charge on any atom is -0.497 e. The standard InChI is InChI=1S/C24H27N3O4/c1-30-20-11-9-18(10-12-20)21-13-14-24(29)27(26-21)17-5-8-23(28)25-16-15-19-6-3-4-7-22(19)31-2/h3-4,6-7,9-14H,5,8,15-17H2,1-2H3,(H,25,28). The van der Waals surface area contributed by atoms with Gasteiger partial charge in [0, 0.05) is 31.1 Å². The zero-order chi connectivity index (χ0) is 22.1. The van der Waals surface area contributed by atoms with Gasteiger partial charge in [-0.15, -0.1) is 0 Å². The topological polar surface area (TPSA) is 82.5 Å². The van der Waals surface area contributed by atoms with Crippen molar-refractivity contribution in [3.63, 3.8) is 0 Å². The van der Waals surface area contributed by atoms with Gasteiger partial charge in [0.1, 0.15) is 11.5 Å². The maximum Gasteiger partial charge on any atom is 0.266 e. The molecule has 0 unspecified atom stereocenters. The molecule has 0 saturated heterocycles. The molecule has 0 saturated carbocycles. The second-order valence-electron chi connectivity index (χ2n) is 7.02. The molecule has 0 aliphatic heterocycles. The number of carbonyl (C=O) groups is 1. The Morgan fingerprint density at radius 1 is 1.00 bits per heavy atom. The summed E-state index contributed by atoms with van der Waals surface area (Å²) in [5, 5.41) is 7.35. The molecule has 1 heterocycles. The van der Waals surface area contributed by atoms with Crippen molar-refractivity contribution in [2.24, 2.45) is 0 Å². The van der Waals surface area contributed by atoms with Crippen molar-refractivity contribution in [1.29, 1.82) is 0 Å². The SMILES string of the molecule is COc1ccc(-c2ccc(=O)n(CCCC(=O)NCCc3ccccc3OC)n2)cc1. The highest BCUT2D eigenvalue weighted by molar-refractivity contribution is 5.75. The normalized spacial score (nSPS) is 10.5. The molecule has 31 heavy (non-hydrogen) atoms. The number of hydrogen-bond donors (Lipinski definition) is 1. The Kier molecular flexibility index (Phi) is 7.81. The van der Waals surface area contributed by atoms with Gasteiger partial charge in [0.15, 0.2) is 0 Å². The van der Waals surface area contributed by atoms with Crippen LogP contribution in [0.25, 0.3) is 11.3 Å². The van der Waals surface area contributed by atoms with Crippen molar-refractivity contribution in [2.45, 2.75) is 25.8 Å². The molecule has 162 valence electrons. The molecule has 0 fully saturated rings. The van der Waals surface area contributed by atoms with Crippen molar-refractivity contribution >= 4 is 5.91 Å². The number of aromatic nitrogens is 2. The fraction of sp³-hybridized carbons (Fsp3) is 0.292. The number of carbonyl (C=O) groups excluding carboxylic acids is 1. The van der Waals surface area contributed by atoms with E-state index in [0.717, 1.165) is 22.6 Å². The van der Waals surface area contributed by atoms with Crippen LogP contribution in [0.15, 0.2) is 65.5 Å². The van der Waals surface area contributed by atoms with Gasteiger partial charge >= 0.3 is 0 Å². The summed E-state index contributed by atoms with van der Waals surface area (Å²) < 4.78 is 11.9. The number of methoxy groups -OCH3 is 2. The highest BCUT2D eigenvalue weighted by Crippen LogP contribution is 2.19. The van der Waals surface area contributed by atoms with Crippen molar-refractivity contribution < 1.29 is 14.3 Å². The predicted octanol–water partition coefficient (Wildman–Crippen LogP) is 3.07. The molecule has 0 atom stereocenters. The first-order valence-corrected chi connectivity index (χ1v) is 10.2. The molecule has 1 N–H and O–H groups in total. The molecule has 7 heteroatoms. The van der Waals surface area contributed by atoms with Crippen LogP contribution in [0.5, 0.6) is 11.5 Å². The third-order valence-electron chi connectivity index (χ3n) is 4.94. The first kappa shape index (κ1) is 22.1. The van der Waals surface area contributed by atoms with Crippen LogP contribution in [0, 0.1) is 0 Å². The number of ether oxygens (including phenoxy) is 2. The van der Waals surface area contributed by atoms with Gasteiger partial charge in [-0.3, -0.25) is 9.59 Å². The summed E-state index contributed by atoms with van der Waals surface area (Å²) in [6, 6.07) is 18.4. The highest BCUT2D eigenvalue weighted by atomic mass is 16.5. The fourth-order valence-corrected chi connectivity index (χ4v) is 3.25. The number of benzene rings is 2. The summed E-state index contributed by atoms with van der Waals surface area (Å²) in [7, 11) is 3.25. The van der Waals surface area contributed by atoms with E-state index in [1.807, 2.05) is 48.5 Å². The summed E-state index contributed by atoms with van der Waals surface area (Å²) in [5.74, 6) is 1.53. The maximum absolute atomic E-state index is 12.1. The molecule has 0 aliphatic rings. The first-order valence-electron chi connectivity index (χ1n) is 10.2. The number of aryl methyl sites for hydroxylation is 1. The second-order valence-corrected chi connectivity index (χ2v) is 7.02. The van der Waals surface area contributed by atoms with E-state index in [2.05, 4.69) is 10.4 Å². The third kappa shape index (κ3) is 6.18. The Morgan fingerprint density at radius 2 is 1.77 bits per heavy atom. The molecule has 1 aromatic heterocycles. The second kappa shape index (κ2) is 11.0. The average Bonchev–Trinajstić information content (AvgIpc) is 2.80. The Morgan fingerprint density at radius 3 is 2.52 bits per heavy atom. The van der Waals surface area contributed by atoms with Gasteiger partial charge in [-0.25, -0.2) is 4.68 Å². The van der Waals surface area contributed by atoms with E-state index in [9.17, 15) is 9.59 Å². The van der Waals surface area contributed by atoms with Crippen LogP contribution in [-0.2, 0) is 17.8 Å². The summed E-state index contributed by atoms with van der Waals surface area (Å²) in [4.78, 5) is 24.3. The molecule has 0 aliphatic carbocycles. The Labute approximate surface area is 181 Å². The largest absolute Gasteiger partial charge is 0.497 e. The van der Waals surface area contributed by atoms with Crippen LogP contribution in [0.4, 0.5) is 0 Å². The van der Waals surface area contributed by atoms with E-state index in [-0.39, 0.29) is 11.5 Å². The number of para-hydroxylation sites is 1. The van der Waals surface area contributed by atoms with E-state index >= 15 is 0 Å². The van der Waals surface area contributed by atoms with E-state index < -0.39 is 0 Å². The lowest BCUT2D eigenvalue weighted by Gasteiger charge is -2.10. The average molecular weight is 421 g/mol. The maximum atomic E-state index is 12.1. The number of rotatable bonds is 10. The van der Waals surface area contributed by atoms with Gasteiger partial charge in [0.05, 0.1) is 19.9 Å². The van der Waals surface area contributed by atoms with Crippen LogP contribution in [0.3, 0.4) is 0 Å². The van der Waals surface area contributed by atoms with Gasteiger partial charge in [-0.1, -0.05) is 18.2 Å². The predicted molar refractivity (Wildman–Crippen MR) is 119 cm³/mol. The zero-order valence-electron chi connectivity index (χ0n) is 17.8. The highest BCUT2D eigenvalue weighted by Gasteiger charge is 2.07. The lowest BCUT2D eigenvalue weighted by molar-refractivity contribution is -0.121. The van der Waals surface area contributed by atoms with Gasteiger partial charge in [0.2, 0.25) is 5.91 Å². The van der Waals surface area contributed by atoms with Crippen molar-refractivity contribution in [2.75, 3.05) is 20.8 Å². The quantitative estimate of drug-likeness (QED) is 0.544. The lowest BCUT2D eigenvalue weighted by atomic mass is 10.1. The van der Waals surface area contributed by atoms with E-state index in [1.54, 1.807) is 20.3 Å². The van der Waals surface area contributed by atoms with Gasteiger partial charge in [-0.05, 0) is 54.8 Å². The molecule has 1 amide bonds. The molecule has 0 bridgehead atoms. The summed E-state index contributed by atoms with van der Waals surface area (Å²) in [6.07, 6.45) is 1.55. The summed E-state index contributed by atoms with van der Waals surface area (Å²) in [6.45, 7) is 0.910. The summed E-state index contributed by atoms with van der Waals surface area (Å²) >= 11 is 0. The Bertz CT molecular complexity index is 1060. The third-order valence-corrected chi connectivity index (χ3v) is 4.94. The van der Waals surface area contributed by atoms with Gasteiger partial charge in [0.25, 0.3) is 5.56 Å². The molecule has 7 nitrogen and oxygen atoms in total. The Hall–Kier alpha value is -3.61. The van der Waals surface area contributed by atoms with Crippen LogP contribution < -0.4 is 20.3 Å². The minimum atomic E-state index is -0.186. The molecule has 0 radical (unpaired) electrons. The molecule has 3 rings (SSSR count). The van der Waals surface area contributed by atoms with Gasteiger partial charge in [-0.2, -0.15) is 5.10 Å². The molecular formula is C24H27N3O4. The van der Waals surface area contributed by atoms with E-state index in [0.29, 0.717) is 38.0 Å². The van der Waals surface area contributed by atoms with E-state index in [4.69, 9.17) is 9.47 Å². The number of amides is 1. The number of nitrogens with one attached hydrogen (secondary N) is 1. The smallest absolute Gasteiger partial charge is 0.266 e. The van der Waals surface area contributed by atoms with Crippen molar-refractivity contribution in [3.8, 4) is 22.8 Å².